The van der Waals surface area contributed by atoms with Gasteiger partial charge in [0.2, 0.25) is 10.0 Å². The molecule has 0 aliphatic carbocycles. The monoisotopic (exact) mass is 536 g/mol. The average molecular weight is 536 g/mol. The number of sulfonamides is 1. The molecule has 2 fully saturated rings. The molecule has 2 aliphatic rings. The molecular formula is C19H33IN6O2S. The van der Waals surface area contributed by atoms with Gasteiger partial charge in [-0.1, -0.05) is 6.07 Å². The van der Waals surface area contributed by atoms with E-state index in [2.05, 4.69) is 33.1 Å². The molecule has 1 aromatic heterocycles. The Hall–Kier alpha value is -1.14. The van der Waals surface area contributed by atoms with Crippen LogP contribution < -0.4 is 10.2 Å². The Morgan fingerprint density at radius 2 is 1.86 bits per heavy atom. The van der Waals surface area contributed by atoms with Crippen LogP contribution in [-0.4, -0.2) is 87.2 Å². The van der Waals surface area contributed by atoms with Gasteiger partial charge in [0.25, 0.3) is 0 Å². The standard InChI is InChI=1S/C19H32N6O2S.HI/c1-3-20-19(22-16-17-7-10-25(11-8-17)28(2,26)27)24-14-12-23(13-15-24)18-6-4-5-9-21-18;/h4-6,9,17H,3,7-8,10-16H2,1-2H3,(H,20,22);1H. The van der Waals surface area contributed by atoms with Crippen molar-refractivity contribution in [3.05, 3.63) is 24.4 Å². The van der Waals surface area contributed by atoms with E-state index < -0.39 is 10.0 Å². The van der Waals surface area contributed by atoms with Gasteiger partial charge in [-0.15, -0.1) is 24.0 Å². The molecule has 0 saturated carbocycles. The molecule has 164 valence electrons. The molecule has 1 N–H and O–H groups in total. The lowest BCUT2D eigenvalue weighted by atomic mass is 9.98. The number of halogens is 1. The fraction of sp³-hybridized carbons (Fsp3) is 0.684. The number of aliphatic imine (C=N–C) groups is 1. The topological polar surface area (TPSA) is 81.1 Å². The first-order valence-corrected chi connectivity index (χ1v) is 12.0. The van der Waals surface area contributed by atoms with Crippen LogP contribution >= 0.6 is 24.0 Å². The normalized spacial score (nSPS) is 19.7. The van der Waals surface area contributed by atoms with Gasteiger partial charge in [-0.05, 0) is 37.8 Å². The van der Waals surface area contributed by atoms with Gasteiger partial charge in [-0.25, -0.2) is 17.7 Å². The predicted molar refractivity (Wildman–Crippen MR) is 129 cm³/mol. The number of rotatable bonds is 5. The molecule has 3 rings (SSSR count). The first-order chi connectivity index (χ1) is 13.5. The number of hydrogen-bond donors (Lipinski definition) is 1. The highest BCUT2D eigenvalue weighted by Gasteiger charge is 2.25. The molecule has 2 aliphatic heterocycles. The van der Waals surface area contributed by atoms with Gasteiger partial charge in [0, 0.05) is 58.6 Å². The van der Waals surface area contributed by atoms with Gasteiger partial charge in [0.15, 0.2) is 5.96 Å². The number of piperazine rings is 1. The zero-order valence-electron chi connectivity index (χ0n) is 17.3. The summed E-state index contributed by atoms with van der Waals surface area (Å²) in [6, 6.07) is 6.02. The lowest BCUT2D eigenvalue weighted by Gasteiger charge is -2.37. The Morgan fingerprint density at radius 3 is 2.41 bits per heavy atom. The highest BCUT2D eigenvalue weighted by molar-refractivity contribution is 14.0. The van der Waals surface area contributed by atoms with E-state index in [9.17, 15) is 8.42 Å². The second-order valence-electron chi connectivity index (χ2n) is 7.46. The quantitative estimate of drug-likeness (QED) is 0.349. The Bertz CT molecular complexity index is 745. The minimum absolute atomic E-state index is 0. The molecule has 0 radical (unpaired) electrons. The molecule has 3 heterocycles. The van der Waals surface area contributed by atoms with Crippen molar-refractivity contribution in [3.63, 3.8) is 0 Å². The summed E-state index contributed by atoms with van der Waals surface area (Å²) in [5.74, 6) is 2.44. The summed E-state index contributed by atoms with van der Waals surface area (Å²) in [4.78, 5) is 13.9. The number of hydrogen-bond acceptors (Lipinski definition) is 5. The third kappa shape index (κ3) is 6.95. The number of nitrogens with one attached hydrogen (secondary N) is 1. The van der Waals surface area contributed by atoms with E-state index in [1.54, 1.807) is 4.31 Å². The molecule has 0 aromatic carbocycles. The smallest absolute Gasteiger partial charge is 0.211 e. The van der Waals surface area contributed by atoms with Crippen LogP contribution in [0.1, 0.15) is 19.8 Å². The molecule has 8 nitrogen and oxygen atoms in total. The minimum atomic E-state index is -3.07. The maximum absolute atomic E-state index is 11.7. The van der Waals surface area contributed by atoms with Crippen molar-refractivity contribution < 1.29 is 8.42 Å². The summed E-state index contributed by atoms with van der Waals surface area (Å²) in [5.41, 5.74) is 0. The summed E-state index contributed by atoms with van der Waals surface area (Å²) in [7, 11) is -3.07. The zero-order valence-corrected chi connectivity index (χ0v) is 20.5. The van der Waals surface area contributed by atoms with Crippen molar-refractivity contribution in [2.45, 2.75) is 19.8 Å². The van der Waals surface area contributed by atoms with Crippen LogP contribution in [0.5, 0.6) is 0 Å². The largest absolute Gasteiger partial charge is 0.357 e. The first-order valence-electron chi connectivity index (χ1n) is 10.1. The Labute approximate surface area is 191 Å². The summed E-state index contributed by atoms with van der Waals surface area (Å²) in [5, 5.41) is 3.42. The third-order valence-corrected chi connectivity index (χ3v) is 6.73. The molecule has 10 heteroatoms. The summed E-state index contributed by atoms with van der Waals surface area (Å²) in [6.07, 6.45) is 4.88. The first kappa shape index (κ1) is 24.1. The lowest BCUT2D eigenvalue weighted by Crippen LogP contribution is -2.53. The second kappa shape index (κ2) is 11.3. The van der Waals surface area contributed by atoms with E-state index in [1.807, 2.05) is 18.3 Å². The number of piperidine rings is 1. The van der Waals surface area contributed by atoms with E-state index >= 15 is 0 Å². The fourth-order valence-electron chi connectivity index (χ4n) is 3.75. The Kier molecular flexibility index (Phi) is 9.41. The van der Waals surface area contributed by atoms with Gasteiger partial charge in [0.05, 0.1) is 6.26 Å². The fourth-order valence-corrected chi connectivity index (χ4v) is 4.63. The van der Waals surface area contributed by atoms with E-state index in [1.165, 1.54) is 6.26 Å². The van der Waals surface area contributed by atoms with Gasteiger partial charge in [-0.2, -0.15) is 0 Å². The number of pyridine rings is 1. The second-order valence-corrected chi connectivity index (χ2v) is 9.44. The molecule has 1 aromatic rings. The maximum Gasteiger partial charge on any atom is 0.211 e. The highest BCUT2D eigenvalue weighted by atomic mass is 127. The zero-order chi connectivity index (χ0) is 20.0. The van der Waals surface area contributed by atoms with Crippen molar-refractivity contribution in [3.8, 4) is 0 Å². The SMILES string of the molecule is CCNC(=NCC1CCN(S(C)(=O)=O)CC1)N1CCN(c2ccccn2)CC1.I. The molecule has 0 unspecified atom stereocenters. The molecular weight excluding hydrogens is 503 g/mol. The molecule has 0 spiro atoms. The van der Waals surface area contributed by atoms with Crippen LogP contribution in [0, 0.1) is 5.92 Å². The molecule has 2 saturated heterocycles. The Morgan fingerprint density at radius 1 is 1.17 bits per heavy atom. The van der Waals surface area contributed by atoms with Gasteiger partial charge >= 0.3 is 0 Å². The summed E-state index contributed by atoms with van der Waals surface area (Å²) < 4.78 is 24.9. The van der Waals surface area contributed by atoms with Crippen molar-refractivity contribution >= 4 is 45.8 Å². The molecule has 0 atom stereocenters. The molecule has 29 heavy (non-hydrogen) atoms. The molecule has 0 amide bonds. The van der Waals surface area contributed by atoms with Gasteiger partial charge in [-0.3, -0.25) is 4.99 Å². The summed E-state index contributed by atoms with van der Waals surface area (Å²) in [6.45, 7) is 8.57. The maximum atomic E-state index is 11.7. The van der Waals surface area contributed by atoms with Gasteiger partial charge < -0.3 is 15.1 Å². The van der Waals surface area contributed by atoms with E-state index in [0.717, 1.165) is 63.9 Å². The number of aromatic nitrogens is 1. The van der Waals surface area contributed by atoms with Crippen molar-refractivity contribution in [2.75, 3.05) is 63.5 Å². The minimum Gasteiger partial charge on any atom is -0.357 e. The Balaban J connectivity index is 0.00000300. The average Bonchev–Trinajstić information content (AvgIpc) is 2.71. The van der Waals surface area contributed by atoms with E-state index in [0.29, 0.717) is 19.0 Å². The van der Waals surface area contributed by atoms with Crippen molar-refractivity contribution in [1.29, 1.82) is 0 Å². The van der Waals surface area contributed by atoms with Crippen LogP contribution in [0.15, 0.2) is 29.4 Å². The molecule has 0 bridgehead atoms. The van der Waals surface area contributed by atoms with E-state index in [4.69, 9.17) is 4.99 Å². The van der Waals surface area contributed by atoms with Crippen LogP contribution in [0.2, 0.25) is 0 Å². The lowest BCUT2D eigenvalue weighted by molar-refractivity contribution is 0.279. The van der Waals surface area contributed by atoms with Crippen molar-refractivity contribution in [2.24, 2.45) is 10.9 Å². The van der Waals surface area contributed by atoms with Crippen molar-refractivity contribution in [1.82, 2.24) is 19.5 Å². The number of guanidine groups is 1. The third-order valence-electron chi connectivity index (χ3n) is 5.43. The predicted octanol–water partition coefficient (Wildman–Crippen LogP) is 1.46. The van der Waals surface area contributed by atoms with Gasteiger partial charge in [0.1, 0.15) is 5.82 Å². The highest BCUT2D eigenvalue weighted by Crippen LogP contribution is 2.19. The van der Waals surface area contributed by atoms with Crippen LogP contribution in [0.4, 0.5) is 5.82 Å². The van der Waals surface area contributed by atoms with Crippen LogP contribution in [0.25, 0.3) is 0 Å². The van der Waals surface area contributed by atoms with Crippen LogP contribution in [0.3, 0.4) is 0 Å². The van der Waals surface area contributed by atoms with Crippen LogP contribution in [-0.2, 0) is 10.0 Å². The number of anilines is 1. The summed E-state index contributed by atoms with van der Waals surface area (Å²) >= 11 is 0. The number of nitrogens with zero attached hydrogens (tertiary/aromatic N) is 5. The van der Waals surface area contributed by atoms with E-state index in [-0.39, 0.29) is 24.0 Å².